The van der Waals surface area contributed by atoms with Crippen LogP contribution in [-0.2, 0) is 11.2 Å². The smallest absolute Gasteiger partial charge is 0.189 e. The highest BCUT2D eigenvalue weighted by molar-refractivity contribution is 8.13. The summed E-state index contributed by atoms with van der Waals surface area (Å²) in [7, 11) is 0. The fourth-order valence-corrected chi connectivity index (χ4v) is 2.19. The normalized spacial score (nSPS) is 10.8. The van der Waals surface area contributed by atoms with Crippen molar-refractivity contribution in [3.05, 3.63) is 36.1 Å². The summed E-state index contributed by atoms with van der Waals surface area (Å²) in [4.78, 5) is 11.4. The van der Waals surface area contributed by atoms with Crippen molar-refractivity contribution in [3.63, 3.8) is 0 Å². The summed E-state index contributed by atoms with van der Waals surface area (Å²) >= 11 is 1.38. The van der Waals surface area contributed by atoms with E-state index in [1.54, 1.807) is 0 Å². The van der Waals surface area contributed by atoms with Crippen LogP contribution in [0, 0.1) is 0 Å². The van der Waals surface area contributed by atoms with Gasteiger partial charge in [-0.05, 0) is 17.9 Å². The third-order valence-electron chi connectivity index (χ3n) is 2.36. The lowest BCUT2D eigenvalue weighted by atomic mass is 10.2. The number of hydrogen-bond acceptors (Lipinski definition) is 3. The first-order valence-electron chi connectivity index (χ1n) is 5.42. The molecule has 0 N–H and O–H groups in total. The van der Waals surface area contributed by atoms with E-state index in [2.05, 4.69) is 0 Å². The van der Waals surface area contributed by atoms with Crippen molar-refractivity contribution in [2.75, 3.05) is 5.75 Å². The van der Waals surface area contributed by atoms with E-state index in [4.69, 9.17) is 4.42 Å². The minimum absolute atomic E-state index is 0.239. The lowest BCUT2D eigenvalue weighted by Gasteiger charge is -1.95. The molecule has 2 aromatic rings. The van der Waals surface area contributed by atoms with E-state index in [0.717, 1.165) is 22.5 Å². The van der Waals surface area contributed by atoms with Gasteiger partial charge in [0.15, 0.2) is 5.12 Å². The van der Waals surface area contributed by atoms with E-state index in [1.807, 2.05) is 37.3 Å². The second kappa shape index (κ2) is 5.21. The van der Waals surface area contributed by atoms with Gasteiger partial charge in [0.25, 0.3) is 0 Å². The molecule has 0 spiro atoms. The standard InChI is InChI=1S/C13H14O2S/c1-2-16-13(14)8-7-11-9-10-5-3-4-6-12(10)15-11/h3-6,9H,2,7-8H2,1H3. The number of aryl methyl sites for hydroxylation is 1. The lowest BCUT2D eigenvalue weighted by Crippen LogP contribution is -1.94. The summed E-state index contributed by atoms with van der Waals surface area (Å²) < 4.78 is 5.64. The van der Waals surface area contributed by atoms with Crippen LogP contribution in [0.5, 0.6) is 0 Å². The molecule has 1 aromatic carbocycles. The van der Waals surface area contributed by atoms with Gasteiger partial charge in [0.2, 0.25) is 0 Å². The van der Waals surface area contributed by atoms with Gasteiger partial charge in [0.05, 0.1) is 0 Å². The molecular weight excluding hydrogens is 220 g/mol. The number of furan rings is 1. The number of carbonyl (C=O) groups excluding carboxylic acids is 1. The predicted molar refractivity (Wildman–Crippen MR) is 67.7 cm³/mol. The number of carbonyl (C=O) groups is 1. The van der Waals surface area contributed by atoms with Crippen LogP contribution in [0.3, 0.4) is 0 Å². The van der Waals surface area contributed by atoms with Crippen molar-refractivity contribution in [2.45, 2.75) is 19.8 Å². The average Bonchev–Trinajstić information content (AvgIpc) is 2.69. The maximum Gasteiger partial charge on any atom is 0.189 e. The maximum atomic E-state index is 11.4. The first-order chi connectivity index (χ1) is 7.79. The van der Waals surface area contributed by atoms with Crippen molar-refractivity contribution in [2.24, 2.45) is 0 Å². The number of hydrogen-bond donors (Lipinski definition) is 0. The molecule has 16 heavy (non-hydrogen) atoms. The fraction of sp³-hybridized carbons (Fsp3) is 0.308. The van der Waals surface area contributed by atoms with Crippen LogP contribution in [0.2, 0.25) is 0 Å². The van der Waals surface area contributed by atoms with Gasteiger partial charge in [0.1, 0.15) is 11.3 Å². The SMILES string of the molecule is CCSC(=O)CCc1cc2ccccc2o1. The van der Waals surface area contributed by atoms with Gasteiger partial charge in [-0.25, -0.2) is 0 Å². The highest BCUT2D eigenvalue weighted by Crippen LogP contribution is 2.20. The van der Waals surface area contributed by atoms with Crippen molar-refractivity contribution in [1.29, 1.82) is 0 Å². The molecule has 0 aliphatic carbocycles. The second-order valence-corrected chi connectivity index (χ2v) is 4.88. The highest BCUT2D eigenvalue weighted by atomic mass is 32.2. The van der Waals surface area contributed by atoms with E-state index in [9.17, 15) is 4.79 Å². The third-order valence-corrected chi connectivity index (χ3v) is 3.17. The first kappa shape index (κ1) is 11.3. The molecule has 1 heterocycles. The molecular formula is C13H14O2S. The summed E-state index contributed by atoms with van der Waals surface area (Å²) in [6.07, 6.45) is 1.25. The molecule has 0 aliphatic heterocycles. The Labute approximate surface area is 99.0 Å². The van der Waals surface area contributed by atoms with Crippen molar-refractivity contribution >= 4 is 27.8 Å². The predicted octanol–water partition coefficient (Wildman–Crippen LogP) is 3.65. The Morgan fingerprint density at radius 3 is 2.94 bits per heavy atom. The van der Waals surface area contributed by atoms with Crippen LogP contribution in [0.1, 0.15) is 19.1 Å². The fourth-order valence-electron chi connectivity index (χ4n) is 1.62. The molecule has 0 fully saturated rings. The topological polar surface area (TPSA) is 30.2 Å². The zero-order valence-corrected chi connectivity index (χ0v) is 10.0. The molecule has 0 aliphatic rings. The second-order valence-electron chi connectivity index (χ2n) is 3.56. The van der Waals surface area contributed by atoms with E-state index < -0.39 is 0 Å². The first-order valence-corrected chi connectivity index (χ1v) is 6.41. The molecule has 0 bridgehead atoms. The summed E-state index contributed by atoms with van der Waals surface area (Å²) in [6.45, 7) is 1.99. The molecule has 1 aromatic heterocycles. The monoisotopic (exact) mass is 234 g/mol. The van der Waals surface area contributed by atoms with Crippen LogP contribution >= 0.6 is 11.8 Å². The van der Waals surface area contributed by atoms with Crippen LogP contribution in [0.15, 0.2) is 34.7 Å². The summed E-state index contributed by atoms with van der Waals surface area (Å²) in [5, 5.41) is 1.34. The van der Waals surface area contributed by atoms with Gasteiger partial charge in [0, 0.05) is 18.2 Å². The van der Waals surface area contributed by atoms with Gasteiger partial charge in [-0.15, -0.1) is 0 Å². The minimum atomic E-state index is 0.239. The van der Waals surface area contributed by atoms with Crippen LogP contribution in [0.25, 0.3) is 11.0 Å². The van der Waals surface area contributed by atoms with Gasteiger partial charge < -0.3 is 4.42 Å². The van der Waals surface area contributed by atoms with Crippen molar-refractivity contribution in [1.82, 2.24) is 0 Å². The highest BCUT2D eigenvalue weighted by Gasteiger charge is 2.06. The molecule has 0 unspecified atom stereocenters. The summed E-state index contributed by atoms with van der Waals surface area (Å²) in [6, 6.07) is 9.92. The number of rotatable bonds is 4. The molecule has 0 atom stereocenters. The summed E-state index contributed by atoms with van der Waals surface area (Å²) in [5.41, 5.74) is 0.896. The zero-order valence-electron chi connectivity index (χ0n) is 9.23. The average molecular weight is 234 g/mol. The molecule has 0 saturated heterocycles. The largest absolute Gasteiger partial charge is 0.461 e. The number of para-hydroxylation sites is 1. The van der Waals surface area contributed by atoms with Crippen molar-refractivity contribution < 1.29 is 9.21 Å². The van der Waals surface area contributed by atoms with Crippen LogP contribution in [-0.4, -0.2) is 10.9 Å². The number of thioether (sulfide) groups is 1. The van der Waals surface area contributed by atoms with Gasteiger partial charge in [-0.3, -0.25) is 4.79 Å². The zero-order chi connectivity index (χ0) is 11.4. The molecule has 0 saturated carbocycles. The van der Waals surface area contributed by atoms with E-state index in [0.29, 0.717) is 12.8 Å². The Morgan fingerprint density at radius 1 is 1.38 bits per heavy atom. The quantitative estimate of drug-likeness (QED) is 0.809. The van der Waals surface area contributed by atoms with Crippen LogP contribution < -0.4 is 0 Å². The Morgan fingerprint density at radius 2 is 2.19 bits per heavy atom. The van der Waals surface area contributed by atoms with Gasteiger partial charge >= 0.3 is 0 Å². The molecule has 3 heteroatoms. The van der Waals surface area contributed by atoms with E-state index in [-0.39, 0.29) is 5.12 Å². The Balaban J connectivity index is 2.02. The number of benzene rings is 1. The molecule has 84 valence electrons. The van der Waals surface area contributed by atoms with Gasteiger partial charge in [-0.2, -0.15) is 0 Å². The van der Waals surface area contributed by atoms with Crippen LogP contribution in [0.4, 0.5) is 0 Å². The molecule has 2 nitrogen and oxygen atoms in total. The Hall–Kier alpha value is -1.22. The van der Waals surface area contributed by atoms with Gasteiger partial charge in [-0.1, -0.05) is 36.9 Å². The minimum Gasteiger partial charge on any atom is -0.461 e. The van der Waals surface area contributed by atoms with Crippen molar-refractivity contribution in [3.8, 4) is 0 Å². The Kier molecular flexibility index (Phi) is 3.67. The number of fused-ring (bicyclic) bond motifs is 1. The third kappa shape index (κ3) is 2.67. The van der Waals surface area contributed by atoms with E-state index >= 15 is 0 Å². The molecule has 0 amide bonds. The van der Waals surface area contributed by atoms with E-state index in [1.165, 1.54) is 11.8 Å². The molecule has 2 rings (SSSR count). The molecule has 0 radical (unpaired) electrons. The lowest BCUT2D eigenvalue weighted by molar-refractivity contribution is -0.111. The maximum absolute atomic E-state index is 11.4. The summed E-state index contributed by atoms with van der Waals surface area (Å²) in [5.74, 6) is 1.74. The Bertz CT molecular complexity index is 454.